The Morgan fingerprint density at radius 1 is 1.32 bits per heavy atom. The molecule has 1 aliphatic carbocycles. The number of carbonyl (C=O) groups is 1. The number of ether oxygens (including phenoxy) is 1. The van der Waals surface area contributed by atoms with Crippen molar-refractivity contribution in [1.82, 2.24) is 9.78 Å². The van der Waals surface area contributed by atoms with Crippen LogP contribution in [0.1, 0.15) is 11.1 Å². The molecule has 4 rings (SSSR count). The molecule has 2 aromatic heterocycles. The van der Waals surface area contributed by atoms with Gasteiger partial charge in [-0.25, -0.2) is 9.48 Å². The molecule has 25 heavy (non-hydrogen) atoms. The van der Waals surface area contributed by atoms with Gasteiger partial charge in [0, 0.05) is 20.4 Å². The zero-order valence-corrected chi connectivity index (χ0v) is 16.3. The van der Waals surface area contributed by atoms with Gasteiger partial charge in [-0.2, -0.15) is 0 Å². The Morgan fingerprint density at radius 3 is 2.80 bits per heavy atom. The van der Waals surface area contributed by atoms with E-state index < -0.39 is 6.16 Å². The lowest BCUT2D eigenvalue weighted by molar-refractivity contribution is 0.142. The molecule has 0 fully saturated rings. The molecule has 128 valence electrons. The summed E-state index contributed by atoms with van der Waals surface area (Å²) >= 11 is 17.5. The minimum atomic E-state index is -1.40. The van der Waals surface area contributed by atoms with Crippen molar-refractivity contribution in [2.24, 2.45) is 0 Å². The standard InChI is InChI=1S/C16H9BrCl2N2O3S/c17-10-6-25-14-8(10)2-3-9-13(14)21(20-15(9)24-16(22)23)12-4-1-7(18)5-11(12)19/h1,4-6H,2-3H2,(H,22,23). The van der Waals surface area contributed by atoms with Crippen molar-refractivity contribution in [3.8, 4) is 22.1 Å². The number of rotatable bonds is 2. The van der Waals surface area contributed by atoms with Gasteiger partial charge in [0.15, 0.2) is 0 Å². The second kappa shape index (κ2) is 6.32. The number of thiophene rings is 1. The van der Waals surface area contributed by atoms with Gasteiger partial charge in [0.1, 0.15) is 0 Å². The number of nitrogens with zero attached hydrogens (tertiary/aromatic N) is 2. The lowest BCUT2D eigenvalue weighted by Crippen LogP contribution is -2.07. The number of hydrogen-bond donors (Lipinski definition) is 1. The number of benzene rings is 1. The van der Waals surface area contributed by atoms with E-state index in [9.17, 15) is 4.79 Å². The van der Waals surface area contributed by atoms with Gasteiger partial charge in [-0.05, 0) is 52.5 Å². The van der Waals surface area contributed by atoms with Crippen molar-refractivity contribution in [2.75, 3.05) is 0 Å². The molecule has 0 unspecified atom stereocenters. The van der Waals surface area contributed by atoms with E-state index in [2.05, 4.69) is 21.0 Å². The Bertz CT molecular complexity index is 1020. The molecule has 0 radical (unpaired) electrons. The summed E-state index contributed by atoms with van der Waals surface area (Å²) in [6.45, 7) is 0. The molecule has 0 saturated heterocycles. The van der Waals surface area contributed by atoms with Gasteiger partial charge in [0.05, 0.1) is 21.3 Å². The predicted molar refractivity (Wildman–Crippen MR) is 101 cm³/mol. The predicted octanol–water partition coefficient (Wildman–Crippen LogP) is 5.83. The molecule has 2 heterocycles. The van der Waals surface area contributed by atoms with E-state index in [1.807, 2.05) is 5.38 Å². The van der Waals surface area contributed by atoms with E-state index in [0.29, 0.717) is 22.2 Å². The van der Waals surface area contributed by atoms with Crippen molar-refractivity contribution < 1.29 is 14.6 Å². The molecule has 1 N–H and O–H groups in total. The minimum absolute atomic E-state index is 0.0867. The fourth-order valence-electron chi connectivity index (χ4n) is 2.92. The maximum atomic E-state index is 11.0. The molecule has 3 aromatic rings. The van der Waals surface area contributed by atoms with Crippen molar-refractivity contribution in [3.05, 3.63) is 49.2 Å². The van der Waals surface area contributed by atoms with Gasteiger partial charge in [-0.3, -0.25) is 0 Å². The third-order valence-electron chi connectivity index (χ3n) is 3.95. The number of aromatic nitrogens is 2. The molecule has 0 amide bonds. The Morgan fingerprint density at radius 2 is 2.08 bits per heavy atom. The number of carboxylic acid groups (broad SMARTS) is 1. The lowest BCUT2D eigenvalue weighted by atomic mass is 9.96. The van der Waals surface area contributed by atoms with Gasteiger partial charge in [-0.1, -0.05) is 23.2 Å². The third-order valence-corrected chi connectivity index (χ3v) is 6.53. The van der Waals surface area contributed by atoms with Crippen LogP contribution in [0.4, 0.5) is 4.79 Å². The Kier molecular flexibility index (Phi) is 4.27. The molecule has 0 spiro atoms. The van der Waals surface area contributed by atoms with Crippen LogP contribution in [0.5, 0.6) is 5.88 Å². The third kappa shape index (κ3) is 2.85. The average Bonchev–Trinajstić information content (AvgIpc) is 3.09. The monoisotopic (exact) mass is 458 g/mol. The molecule has 9 heteroatoms. The Balaban J connectivity index is 1.99. The number of hydrogen-bond acceptors (Lipinski definition) is 4. The smallest absolute Gasteiger partial charge is 0.449 e. The highest BCUT2D eigenvalue weighted by molar-refractivity contribution is 9.10. The van der Waals surface area contributed by atoms with E-state index in [1.54, 1.807) is 34.2 Å². The summed E-state index contributed by atoms with van der Waals surface area (Å²) in [5, 5.41) is 16.3. The normalized spacial score (nSPS) is 12.6. The summed E-state index contributed by atoms with van der Waals surface area (Å²) in [5.41, 5.74) is 3.35. The van der Waals surface area contributed by atoms with Crippen LogP contribution in [0.15, 0.2) is 28.1 Å². The topological polar surface area (TPSA) is 64.3 Å². The lowest BCUT2D eigenvalue weighted by Gasteiger charge is -2.16. The SMILES string of the molecule is O=C(O)Oc1nn(-c2ccc(Cl)cc2Cl)c2c1CCc1c(Br)csc1-2. The number of fused-ring (bicyclic) bond motifs is 3. The summed E-state index contributed by atoms with van der Waals surface area (Å²) in [7, 11) is 0. The maximum Gasteiger partial charge on any atom is 0.512 e. The van der Waals surface area contributed by atoms with Crippen LogP contribution in [-0.2, 0) is 12.8 Å². The molecule has 1 aromatic carbocycles. The van der Waals surface area contributed by atoms with Gasteiger partial charge in [-0.15, -0.1) is 16.4 Å². The van der Waals surface area contributed by atoms with Gasteiger partial charge in [0.2, 0.25) is 5.88 Å². The van der Waals surface area contributed by atoms with Crippen LogP contribution >= 0.6 is 50.5 Å². The zero-order chi connectivity index (χ0) is 17.7. The highest BCUT2D eigenvalue weighted by atomic mass is 79.9. The largest absolute Gasteiger partial charge is 0.512 e. The summed E-state index contributed by atoms with van der Waals surface area (Å²) in [5.74, 6) is 0.0867. The molecule has 0 aliphatic heterocycles. The molecule has 0 atom stereocenters. The van der Waals surface area contributed by atoms with Crippen LogP contribution in [0.25, 0.3) is 16.3 Å². The molecule has 5 nitrogen and oxygen atoms in total. The first-order valence-electron chi connectivity index (χ1n) is 7.20. The molecule has 0 saturated carbocycles. The van der Waals surface area contributed by atoms with E-state index >= 15 is 0 Å². The van der Waals surface area contributed by atoms with Crippen LogP contribution < -0.4 is 4.74 Å². The molecular weight excluding hydrogens is 451 g/mol. The zero-order valence-electron chi connectivity index (χ0n) is 12.4. The van der Waals surface area contributed by atoms with Crippen molar-refractivity contribution in [3.63, 3.8) is 0 Å². The first-order valence-corrected chi connectivity index (χ1v) is 9.63. The Labute approximate surface area is 164 Å². The van der Waals surface area contributed by atoms with Crippen LogP contribution in [0, 0.1) is 0 Å². The van der Waals surface area contributed by atoms with Crippen molar-refractivity contribution >= 4 is 56.6 Å². The molecular formula is C16H9BrCl2N2O3S. The van der Waals surface area contributed by atoms with Gasteiger partial charge >= 0.3 is 6.16 Å². The Hall–Kier alpha value is -1.54. The van der Waals surface area contributed by atoms with Crippen LogP contribution in [-0.4, -0.2) is 21.0 Å². The van der Waals surface area contributed by atoms with E-state index in [4.69, 9.17) is 33.0 Å². The van der Waals surface area contributed by atoms with Crippen molar-refractivity contribution in [2.45, 2.75) is 12.8 Å². The quantitative estimate of drug-likeness (QED) is 0.490. The molecule has 0 bridgehead atoms. The maximum absolute atomic E-state index is 11.0. The van der Waals surface area contributed by atoms with Crippen molar-refractivity contribution in [1.29, 1.82) is 0 Å². The highest BCUT2D eigenvalue weighted by Gasteiger charge is 2.30. The van der Waals surface area contributed by atoms with Gasteiger partial charge < -0.3 is 9.84 Å². The highest BCUT2D eigenvalue weighted by Crippen LogP contribution is 2.46. The summed E-state index contributed by atoms with van der Waals surface area (Å²) < 4.78 is 7.58. The number of halogens is 3. The molecule has 1 aliphatic rings. The minimum Gasteiger partial charge on any atom is -0.449 e. The van der Waals surface area contributed by atoms with Gasteiger partial charge in [0.25, 0.3) is 0 Å². The van der Waals surface area contributed by atoms with Crippen LogP contribution in [0.2, 0.25) is 10.0 Å². The first-order chi connectivity index (χ1) is 12.0. The van der Waals surface area contributed by atoms with E-state index in [1.165, 1.54) is 5.56 Å². The average molecular weight is 460 g/mol. The second-order valence-corrected chi connectivity index (χ2v) is 7.98. The summed E-state index contributed by atoms with van der Waals surface area (Å²) in [4.78, 5) is 12.1. The first kappa shape index (κ1) is 16.9. The van der Waals surface area contributed by atoms with E-state index in [-0.39, 0.29) is 5.88 Å². The van der Waals surface area contributed by atoms with E-state index in [0.717, 1.165) is 27.0 Å². The van der Waals surface area contributed by atoms with Crippen LogP contribution in [0.3, 0.4) is 0 Å². The fraction of sp³-hybridized carbons (Fsp3) is 0.125. The summed E-state index contributed by atoms with van der Waals surface area (Å²) in [6.07, 6.45) is 0.0151. The fourth-order valence-corrected chi connectivity index (χ4v) is 5.26. The second-order valence-electron chi connectivity index (χ2n) is 5.40. The summed E-state index contributed by atoms with van der Waals surface area (Å²) in [6, 6.07) is 5.08.